The molecule has 0 heterocycles. The van der Waals surface area contributed by atoms with Crippen molar-refractivity contribution < 1.29 is 0 Å². The Morgan fingerprint density at radius 3 is 2.58 bits per heavy atom. The smallest absolute Gasteiger partial charge is 0.00462 e. The Kier molecular flexibility index (Phi) is 4.72. The first-order chi connectivity index (χ1) is 12.3. The van der Waals surface area contributed by atoms with Crippen molar-refractivity contribution in [1.29, 1.82) is 0 Å². The minimum Gasteiger partial charge on any atom is -0.0911 e. The molecule has 0 spiro atoms. The van der Waals surface area contributed by atoms with E-state index in [0.717, 1.165) is 35.5 Å². The molecule has 4 rings (SSSR count). The highest BCUT2D eigenvalue weighted by atomic mass is 14.6. The first-order valence-electron chi connectivity index (χ1n) is 11.6. The van der Waals surface area contributed by atoms with Crippen LogP contribution in [0, 0.1) is 52.3 Å². The lowest BCUT2D eigenvalue weighted by Crippen LogP contribution is -2.55. The molecule has 3 fully saturated rings. The predicted octanol–water partition coefficient (Wildman–Crippen LogP) is 7.66. The average Bonchev–Trinajstić information content (AvgIpc) is 2.94. The van der Waals surface area contributed by atoms with Crippen LogP contribution in [0.25, 0.3) is 0 Å². The fourth-order valence-corrected chi connectivity index (χ4v) is 8.56. The Hall–Kier alpha value is -0.520. The van der Waals surface area contributed by atoms with Gasteiger partial charge in [0.1, 0.15) is 0 Å². The van der Waals surface area contributed by atoms with Crippen LogP contribution in [0.3, 0.4) is 0 Å². The second kappa shape index (κ2) is 6.52. The molecule has 3 saturated carbocycles. The van der Waals surface area contributed by atoms with Crippen molar-refractivity contribution in [1.82, 2.24) is 0 Å². The van der Waals surface area contributed by atoms with Crippen molar-refractivity contribution in [2.24, 2.45) is 52.3 Å². The highest BCUT2D eigenvalue weighted by Crippen LogP contribution is 2.68. The second-order valence-corrected chi connectivity index (χ2v) is 11.3. The molecule has 9 atom stereocenters. The zero-order valence-electron chi connectivity index (χ0n) is 18.2. The fraction of sp³-hybridized carbons (Fsp3) is 0.846. The maximum Gasteiger partial charge on any atom is -0.00462 e. The largest absolute Gasteiger partial charge is 0.0911 e. The maximum atomic E-state index is 2.71. The average molecular weight is 355 g/mol. The third-order valence-corrected chi connectivity index (χ3v) is 9.90. The van der Waals surface area contributed by atoms with E-state index in [1.165, 1.54) is 44.9 Å². The molecule has 0 aromatic heterocycles. The van der Waals surface area contributed by atoms with Gasteiger partial charge in [0.25, 0.3) is 0 Å². The molecule has 0 heteroatoms. The van der Waals surface area contributed by atoms with Crippen LogP contribution >= 0.6 is 0 Å². The lowest BCUT2D eigenvalue weighted by molar-refractivity contribution is -0.131. The van der Waals surface area contributed by atoms with E-state index in [0.29, 0.717) is 16.7 Å². The van der Waals surface area contributed by atoms with E-state index in [1.54, 1.807) is 5.57 Å². The van der Waals surface area contributed by atoms with Crippen LogP contribution in [0.1, 0.15) is 86.5 Å². The Labute approximate surface area is 162 Å². The van der Waals surface area contributed by atoms with Gasteiger partial charge in [-0.1, -0.05) is 64.8 Å². The summed E-state index contributed by atoms with van der Waals surface area (Å²) in [4.78, 5) is 0. The summed E-state index contributed by atoms with van der Waals surface area (Å²) in [5, 5.41) is 0. The molecule has 0 N–H and O–H groups in total. The van der Waals surface area contributed by atoms with Gasteiger partial charge in [0.15, 0.2) is 0 Å². The standard InChI is InChI=1S/C26H42/c1-7-8-18(3)21-9-10-22-24-19(4)16-20-15-17(2)11-13-25(20,5)23(24)12-14-26(21,22)6/h7-9,17-20,22-24H,10-16H2,1-6H3/b8-7+/t17-,18-,19-,20+,22+,23+,24+,25+,26-/m1/s1. The van der Waals surface area contributed by atoms with E-state index < -0.39 is 0 Å². The zero-order valence-corrected chi connectivity index (χ0v) is 18.2. The Bertz CT molecular complexity index is 597. The summed E-state index contributed by atoms with van der Waals surface area (Å²) in [7, 11) is 0. The summed E-state index contributed by atoms with van der Waals surface area (Å²) < 4.78 is 0. The van der Waals surface area contributed by atoms with Crippen LogP contribution in [-0.2, 0) is 0 Å². The van der Waals surface area contributed by atoms with E-state index in [9.17, 15) is 0 Å². The van der Waals surface area contributed by atoms with Crippen LogP contribution in [0.5, 0.6) is 0 Å². The van der Waals surface area contributed by atoms with Crippen molar-refractivity contribution in [3.05, 3.63) is 23.8 Å². The van der Waals surface area contributed by atoms with Crippen LogP contribution in [0.4, 0.5) is 0 Å². The monoisotopic (exact) mass is 354 g/mol. The molecule has 0 nitrogen and oxygen atoms in total. The zero-order chi connectivity index (χ0) is 18.7. The van der Waals surface area contributed by atoms with Gasteiger partial charge in [-0.3, -0.25) is 0 Å². The van der Waals surface area contributed by atoms with Crippen LogP contribution in [0.15, 0.2) is 23.8 Å². The first-order valence-corrected chi connectivity index (χ1v) is 11.6. The van der Waals surface area contributed by atoms with Crippen LogP contribution in [0.2, 0.25) is 0 Å². The molecule has 0 aliphatic heterocycles. The molecule has 0 unspecified atom stereocenters. The maximum absolute atomic E-state index is 2.71. The summed E-state index contributed by atoms with van der Waals surface area (Å²) in [6.45, 7) is 15.1. The molecule has 4 aliphatic rings. The molecule has 0 radical (unpaired) electrons. The molecule has 0 amide bonds. The molecular formula is C26H42. The van der Waals surface area contributed by atoms with Crippen molar-refractivity contribution in [3.63, 3.8) is 0 Å². The summed E-state index contributed by atoms with van der Waals surface area (Å²) in [6.07, 6.45) is 17.6. The summed E-state index contributed by atoms with van der Waals surface area (Å²) in [5.41, 5.74) is 2.89. The van der Waals surface area contributed by atoms with Crippen LogP contribution < -0.4 is 0 Å². The second-order valence-electron chi connectivity index (χ2n) is 11.3. The van der Waals surface area contributed by atoms with E-state index >= 15 is 0 Å². The van der Waals surface area contributed by atoms with Gasteiger partial charge in [0.2, 0.25) is 0 Å². The highest BCUT2D eigenvalue weighted by Gasteiger charge is 2.60. The number of fused-ring (bicyclic) bond motifs is 5. The van der Waals surface area contributed by atoms with Gasteiger partial charge in [0, 0.05) is 0 Å². The third-order valence-electron chi connectivity index (χ3n) is 9.90. The third kappa shape index (κ3) is 2.61. The SMILES string of the molecule is C/C=C/[C@@H](C)C1=CC[C@H]2[C@@H]3[C@H](C)C[C@@H]4C[C@H](C)CC[C@]4(C)[C@H]3CC[C@]12C. The molecule has 4 aliphatic carbocycles. The molecule has 0 bridgehead atoms. The first kappa shape index (κ1) is 18.8. The topological polar surface area (TPSA) is 0 Å². The lowest BCUT2D eigenvalue weighted by atomic mass is 9.42. The minimum atomic E-state index is 0.472. The number of hydrogen-bond acceptors (Lipinski definition) is 0. The fourth-order valence-electron chi connectivity index (χ4n) is 8.56. The molecular weight excluding hydrogens is 312 g/mol. The lowest BCUT2D eigenvalue weighted by Gasteiger charge is -2.63. The molecule has 146 valence electrons. The Morgan fingerprint density at radius 1 is 1.08 bits per heavy atom. The number of rotatable bonds is 2. The van der Waals surface area contributed by atoms with Crippen LogP contribution in [-0.4, -0.2) is 0 Å². The molecule has 0 aromatic rings. The van der Waals surface area contributed by atoms with Gasteiger partial charge in [-0.15, -0.1) is 0 Å². The van der Waals surface area contributed by atoms with Gasteiger partial charge < -0.3 is 0 Å². The van der Waals surface area contributed by atoms with Crippen molar-refractivity contribution in [2.45, 2.75) is 86.5 Å². The number of hydrogen-bond donors (Lipinski definition) is 0. The van der Waals surface area contributed by atoms with Gasteiger partial charge >= 0.3 is 0 Å². The highest BCUT2D eigenvalue weighted by molar-refractivity contribution is 5.29. The number of allylic oxidation sites excluding steroid dienone is 4. The van der Waals surface area contributed by atoms with E-state index in [-0.39, 0.29) is 0 Å². The molecule has 26 heavy (non-hydrogen) atoms. The van der Waals surface area contributed by atoms with E-state index in [2.05, 4.69) is 59.8 Å². The van der Waals surface area contributed by atoms with Crippen molar-refractivity contribution in [2.75, 3.05) is 0 Å². The summed E-state index contributed by atoms with van der Waals surface area (Å²) in [6, 6.07) is 0. The predicted molar refractivity (Wildman–Crippen MR) is 113 cm³/mol. The summed E-state index contributed by atoms with van der Waals surface area (Å²) >= 11 is 0. The van der Waals surface area contributed by atoms with Gasteiger partial charge in [-0.25, -0.2) is 0 Å². The normalized spacial score (nSPS) is 52.2. The quantitative estimate of drug-likeness (QED) is 0.446. The summed E-state index contributed by atoms with van der Waals surface area (Å²) in [5.74, 6) is 6.40. The van der Waals surface area contributed by atoms with Gasteiger partial charge in [-0.2, -0.15) is 0 Å². The van der Waals surface area contributed by atoms with Crippen molar-refractivity contribution >= 4 is 0 Å². The Balaban J connectivity index is 1.63. The van der Waals surface area contributed by atoms with Crippen molar-refractivity contribution in [3.8, 4) is 0 Å². The van der Waals surface area contributed by atoms with Gasteiger partial charge in [-0.05, 0) is 97.7 Å². The Morgan fingerprint density at radius 2 is 1.85 bits per heavy atom. The molecule has 0 aromatic carbocycles. The van der Waals surface area contributed by atoms with Gasteiger partial charge in [0.05, 0.1) is 0 Å². The van der Waals surface area contributed by atoms with E-state index in [4.69, 9.17) is 0 Å². The van der Waals surface area contributed by atoms with E-state index in [1.807, 2.05) is 0 Å². The minimum absolute atomic E-state index is 0.472. The molecule has 0 saturated heterocycles.